The van der Waals surface area contributed by atoms with E-state index >= 15 is 0 Å². The summed E-state index contributed by atoms with van der Waals surface area (Å²) in [5.74, 6) is 0.392. The molecule has 1 heterocycles. The number of hydrogen-bond donors (Lipinski definition) is 2. The molecule has 78 valence electrons. The van der Waals surface area contributed by atoms with E-state index in [0.29, 0.717) is 11.3 Å². The third-order valence-electron chi connectivity index (χ3n) is 2.33. The number of nitrogens with one attached hydrogen (secondary N) is 1. The van der Waals surface area contributed by atoms with Gasteiger partial charge in [0.15, 0.2) is 5.78 Å². The minimum Gasteiger partial charge on any atom is -0.497 e. The predicted molar refractivity (Wildman–Crippen MR) is 56.3 cm³/mol. The SMILES string of the molecule is COc1ccc2[nH]cc(C(=O)CO)c2c1. The van der Waals surface area contributed by atoms with Gasteiger partial charge in [-0.05, 0) is 18.2 Å². The zero-order valence-corrected chi connectivity index (χ0v) is 8.28. The highest BCUT2D eigenvalue weighted by Gasteiger charge is 2.11. The second-order valence-corrected chi connectivity index (χ2v) is 3.20. The number of aromatic nitrogens is 1. The maximum absolute atomic E-state index is 11.4. The van der Waals surface area contributed by atoms with Crippen LogP contribution in [-0.4, -0.2) is 29.6 Å². The first-order chi connectivity index (χ1) is 7.26. The highest BCUT2D eigenvalue weighted by Crippen LogP contribution is 2.23. The number of carbonyl (C=O) groups excluding carboxylic acids is 1. The molecule has 1 aromatic heterocycles. The highest BCUT2D eigenvalue weighted by molar-refractivity contribution is 6.08. The molecule has 4 nitrogen and oxygen atoms in total. The van der Waals surface area contributed by atoms with Crippen LogP contribution in [0.2, 0.25) is 0 Å². The minimum absolute atomic E-state index is 0.297. The number of Topliss-reactive ketones (excluding diaryl/α,β-unsaturated/α-hetero) is 1. The number of aromatic amines is 1. The van der Waals surface area contributed by atoms with Gasteiger partial charge in [-0.2, -0.15) is 0 Å². The summed E-state index contributed by atoms with van der Waals surface area (Å²) in [6.45, 7) is -0.482. The summed E-state index contributed by atoms with van der Waals surface area (Å²) in [5.41, 5.74) is 1.35. The zero-order valence-electron chi connectivity index (χ0n) is 8.28. The van der Waals surface area contributed by atoms with Crippen LogP contribution in [0, 0.1) is 0 Å². The van der Waals surface area contributed by atoms with Crippen molar-refractivity contribution in [2.45, 2.75) is 0 Å². The molecule has 0 aliphatic heterocycles. The van der Waals surface area contributed by atoms with Crippen molar-refractivity contribution in [3.8, 4) is 5.75 Å². The van der Waals surface area contributed by atoms with Gasteiger partial charge in [-0.3, -0.25) is 4.79 Å². The second-order valence-electron chi connectivity index (χ2n) is 3.20. The molecule has 2 aromatic rings. The normalized spacial score (nSPS) is 10.5. The summed E-state index contributed by atoms with van der Waals surface area (Å²) in [6.07, 6.45) is 1.60. The molecule has 2 N–H and O–H groups in total. The molecule has 0 aliphatic rings. The summed E-state index contributed by atoms with van der Waals surface area (Å²) in [4.78, 5) is 14.3. The molecule has 2 rings (SSSR count). The Morgan fingerprint density at radius 3 is 3.00 bits per heavy atom. The number of aliphatic hydroxyl groups excluding tert-OH is 1. The lowest BCUT2D eigenvalue weighted by Gasteiger charge is -2.00. The third kappa shape index (κ3) is 1.59. The van der Waals surface area contributed by atoms with Gasteiger partial charge < -0.3 is 14.8 Å². The number of hydrogen-bond acceptors (Lipinski definition) is 3. The molecule has 0 atom stereocenters. The van der Waals surface area contributed by atoms with Crippen molar-refractivity contribution in [3.63, 3.8) is 0 Å². The number of H-pyrrole nitrogens is 1. The van der Waals surface area contributed by atoms with Crippen LogP contribution >= 0.6 is 0 Å². The Kier molecular flexibility index (Phi) is 2.43. The average Bonchev–Trinajstić information content (AvgIpc) is 2.70. The number of aliphatic hydroxyl groups is 1. The van der Waals surface area contributed by atoms with E-state index < -0.39 is 6.61 Å². The number of ether oxygens (including phenoxy) is 1. The number of carbonyl (C=O) groups is 1. The van der Waals surface area contributed by atoms with Gasteiger partial charge in [0, 0.05) is 22.7 Å². The molecule has 0 fully saturated rings. The Bertz CT molecular complexity index is 502. The quantitative estimate of drug-likeness (QED) is 0.743. The number of rotatable bonds is 3. The van der Waals surface area contributed by atoms with Crippen molar-refractivity contribution < 1.29 is 14.6 Å². The van der Waals surface area contributed by atoms with E-state index in [-0.39, 0.29) is 5.78 Å². The molecule has 0 saturated heterocycles. The van der Waals surface area contributed by atoms with Crippen molar-refractivity contribution in [1.29, 1.82) is 0 Å². The van der Waals surface area contributed by atoms with E-state index in [4.69, 9.17) is 9.84 Å². The van der Waals surface area contributed by atoms with Gasteiger partial charge in [0.2, 0.25) is 0 Å². The standard InChI is InChI=1S/C11H11NO3/c1-15-7-2-3-10-8(4-7)9(5-12-10)11(14)6-13/h2-5,12-13H,6H2,1H3. The summed E-state index contributed by atoms with van der Waals surface area (Å²) in [6, 6.07) is 5.42. The fourth-order valence-corrected chi connectivity index (χ4v) is 1.54. The number of methoxy groups -OCH3 is 1. The lowest BCUT2D eigenvalue weighted by atomic mass is 10.1. The van der Waals surface area contributed by atoms with E-state index in [1.807, 2.05) is 12.1 Å². The molecule has 0 unspecified atom stereocenters. The Morgan fingerprint density at radius 2 is 2.33 bits per heavy atom. The second kappa shape index (κ2) is 3.74. The summed E-state index contributed by atoms with van der Waals surface area (Å²) >= 11 is 0. The van der Waals surface area contributed by atoms with Crippen LogP contribution in [0.4, 0.5) is 0 Å². The highest BCUT2D eigenvalue weighted by atomic mass is 16.5. The van der Waals surface area contributed by atoms with Crippen molar-refractivity contribution in [2.24, 2.45) is 0 Å². The monoisotopic (exact) mass is 205 g/mol. The van der Waals surface area contributed by atoms with Crippen LogP contribution < -0.4 is 4.74 Å². The summed E-state index contributed by atoms with van der Waals surface area (Å²) in [5, 5.41) is 9.57. The van der Waals surface area contributed by atoms with Crippen LogP contribution in [0.3, 0.4) is 0 Å². The largest absolute Gasteiger partial charge is 0.497 e. The number of fused-ring (bicyclic) bond motifs is 1. The van der Waals surface area contributed by atoms with Crippen LogP contribution in [-0.2, 0) is 0 Å². The van der Waals surface area contributed by atoms with E-state index in [1.54, 1.807) is 19.4 Å². The molecule has 4 heteroatoms. The van der Waals surface area contributed by atoms with Gasteiger partial charge in [-0.25, -0.2) is 0 Å². The van der Waals surface area contributed by atoms with Crippen LogP contribution in [0.1, 0.15) is 10.4 Å². The molecule has 0 amide bonds. The van der Waals surface area contributed by atoms with Crippen LogP contribution in [0.25, 0.3) is 10.9 Å². The maximum Gasteiger partial charge on any atom is 0.190 e. The molecule has 0 radical (unpaired) electrons. The molecular formula is C11H11NO3. The maximum atomic E-state index is 11.4. The predicted octanol–water partition coefficient (Wildman–Crippen LogP) is 1.35. The molecular weight excluding hydrogens is 194 g/mol. The molecule has 1 aromatic carbocycles. The first-order valence-corrected chi connectivity index (χ1v) is 4.55. The van der Waals surface area contributed by atoms with Crippen LogP contribution in [0.5, 0.6) is 5.75 Å². The van der Waals surface area contributed by atoms with Gasteiger partial charge in [0.1, 0.15) is 12.4 Å². The zero-order chi connectivity index (χ0) is 10.8. The van der Waals surface area contributed by atoms with Gasteiger partial charge >= 0.3 is 0 Å². The summed E-state index contributed by atoms with van der Waals surface area (Å²) in [7, 11) is 1.57. The van der Waals surface area contributed by atoms with E-state index in [1.165, 1.54) is 0 Å². The Hall–Kier alpha value is -1.81. The first kappa shape index (κ1) is 9.73. The van der Waals surface area contributed by atoms with E-state index in [9.17, 15) is 4.79 Å². The smallest absolute Gasteiger partial charge is 0.190 e. The van der Waals surface area contributed by atoms with Gasteiger partial charge in [0.25, 0.3) is 0 Å². The van der Waals surface area contributed by atoms with E-state index in [2.05, 4.69) is 4.98 Å². The van der Waals surface area contributed by atoms with Gasteiger partial charge in [-0.15, -0.1) is 0 Å². The fraction of sp³-hybridized carbons (Fsp3) is 0.182. The Balaban J connectivity index is 2.61. The molecule has 15 heavy (non-hydrogen) atoms. The molecule has 0 spiro atoms. The lowest BCUT2D eigenvalue weighted by molar-refractivity contribution is 0.0905. The third-order valence-corrected chi connectivity index (χ3v) is 2.33. The van der Waals surface area contributed by atoms with Crippen molar-refractivity contribution in [1.82, 2.24) is 4.98 Å². The van der Waals surface area contributed by atoms with Crippen molar-refractivity contribution >= 4 is 16.7 Å². The topological polar surface area (TPSA) is 62.3 Å². The number of benzene rings is 1. The van der Waals surface area contributed by atoms with Crippen LogP contribution in [0.15, 0.2) is 24.4 Å². The average molecular weight is 205 g/mol. The lowest BCUT2D eigenvalue weighted by Crippen LogP contribution is -2.02. The van der Waals surface area contributed by atoms with Gasteiger partial charge in [-0.1, -0.05) is 0 Å². The first-order valence-electron chi connectivity index (χ1n) is 4.55. The molecule has 0 saturated carbocycles. The number of ketones is 1. The van der Waals surface area contributed by atoms with Crippen molar-refractivity contribution in [2.75, 3.05) is 13.7 Å². The Labute approximate surface area is 86.5 Å². The van der Waals surface area contributed by atoms with Gasteiger partial charge in [0.05, 0.1) is 7.11 Å². The summed E-state index contributed by atoms with van der Waals surface area (Å²) < 4.78 is 5.07. The molecule has 0 bridgehead atoms. The minimum atomic E-state index is -0.482. The van der Waals surface area contributed by atoms with E-state index in [0.717, 1.165) is 10.9 Å². The fourth-order valence-electron chi connectivity index (χ4n) is 1.54. The molecule has 0 aliphatic carbocycles. The van der Waals surface area contributed by atoms with Crippen molar-refractivity contribution in [3.05, 3.63) is 30.0 Å². The Morgan fingerprint density at radius 1 is 1.53 bits per heavy atom.